The molecule has 0 spiro atoms. The molecule has 1 fully saturated rings. The Bertz CT molecular complexity index is 1370. The van der Waals surface area contributed by atoms with Crippen molar-refractivity contribution in [3.8, 4) is 5.75 Å². The topological polar surface area (TPSA) is 163 Å². The second-order valence-corrected chi connectivity index (χ2v) is 14.7. The number of cyclic esters (lactones) is 1. The van der Waals surface area contributed by atoms with E-state index in [2.05, 4.69) is 17.6 Å². The van der Waals surface area contributed by atoms with E-state index in [0.717, 1.165) is 25.7 Å². The Hall–Kier alpha value is -2.80. The van der Waals surface area contributed by atoms with E-state index in [4.69, 9.17) is 14.2 Å². The normalized spacial score (nSPS) is 15.0. The molecular weight excluding hydrogens is 785 g/mol. The zero-order chi connectivity index (χ0) is 37.8. The molecule has 2 atom stereocenters. The smallest absolute Gasteiger partial charge is 0.418 e. The third-order valence-corrected chi connectivity index (χ3v) is 8.07. The van der Waals surface area contributed by atoms with Gasteiger partial charge in [-0.2, -0.15) is 0 Å². The van der Waals surface area contributed by atoms with Crippen LogP contribution in [0.3, 0.4) is 0 Å². The summed E-state index contributed by atoms with van der Waals surface area (Å²) < 4.78 is 16.9. The second kappa shape index (κ2) is 21.0. The first-order valence-electron chi connectivity index (χ1n) is 17.6. The molecule has 51 heavy (non-hydrogen) atoms. The minimum atomic E-state index is -1.82. The number of benzene rings is 1. The van der Waals surface area contributed by atoms with E-state index in [-0.39, 0.29) is 70.9 Å². The van der Waals surface area contributed by atoms with Crippen LogP contribution < -0.4 is 10.1 Å². The zero-order valence-electron chi connectivity index (χ0n) is 32.1. The molecule has 0 aliphatic carbocycles. The monoisotopic (exact) mass is 842 g/mol. The Morgan fingerprint density at radius 1 is 0.980 bits per heavy atom. The van der Waals surface area contributed by atoms with E-state index in [1.54, 1.807) is 48.7 Å². The minimum Gasteiger partial charge on any atom is -0.489 e. The van der Waals surface area contributed by atoms with Crippen LogP contribution in [-0.4, -0.2) is 90.0 Å². The third kappa shape index (κ3) is 14.3. The van der Waals surface area contributed by atoms with Crippen molar-refractivity contribution in [2.45, 2.75) is 137 Å². The molecule has 1 heterocycles. The van der Waals surface area contributed by atoms with Gasteiger partial charge in [-0.15, -0.1) is 0 Å². The molecule has 5 amide bonds. The number of Topliss-reactive ketones (excluding diaryl/α,β-unsaturated/α-hetero) is 1. The van der Waals surface area contributed by atoms with Gasteiger partial charge in [0.2, 0.25) is 0 Å². The number of amides is 5. The SMILES string of the molecule is CCCCCCCCCCC(C[N-]C(=O)N(C)C)OC(=O)c1ccc(NC(=O)C(C(=O)C(C)(C)C)N2C(=O)OC(C)(C)C2=O)c(OC(C)C)c1.[Pr]. The molecule has 1 aliphatic heterocycles. The summed E-state index contributed by atoms with van der Waals surface area (Å²) >= 11 is 0. The average Bonchev–Trinajstić information content (AvgIpc) is 3.22. The molecule has 0 bridgehead atoms. The van der Waals surface area contributed by atoms with Crippen molar-refractivity contribution < 1.29 is 84.3 Å². The van der Waals surface area contributed by atoms with Gasteiger partial charge in [0.05, 0.1) is 17.4 Å². The molecule has 1 N–H and O–H groups in total. The molecule has 13 nitrogen and oxygen atoms in total. The molecule has 1 radical (unpaired) electrons. The number of esters is 1. The van der Waals surface area contributed by atoms with Crippen molar-refractivity contribution in [3.05, 3.63) is 29.1 Å². The molecule has 1 aromatic carbocycles. The van der Waals surface area contributed by atoms with Gasteiger partial charge < -0.3 is 29.7 Å². The number of nitrogens with one attached hydrogen (secondary N) is 1. The largest absolute Gasteiger partial charge is 0.489 e. The Morgan fingerprint density at radius 2 is 1.57 bits per heavy atom. The van der Waals surface area contributed by atoms with Gasteiger partial charge in [0.1, 0.15) is 11.9 Å². The molecular formula is C37H57N4O9Pr-. The fourth-order valence-corrected chi connectivity index (χ4v) is 5.21. The van der Waals surface area contributed by atoms with Crippen LogP contribution in [0.1, 0.15) is 124 Å². The van der Waals surface area contributed by atoms with Crippen molar-refractivity contribution in [2.24, 2.45) is 5.41 Å². The predicted molar refractivity (Wildman–Crippen MR) is 190 cm³/mol. The standard InChI is InChI=1S/C37H58N4O9.Pr/c1-11-12-13-14-15-16-17-18-19-26(23-38-34(46)40(9)10)49-32(44)25-20-21-27(28(22-25)48-24(2)3)39-31(43)29(30(42)36(4,5)6)41-33(45)37(7,8)50-35(41)47;/h20-22,24,26,29H,11-19,23H2,1-10H3,(H2,38,39,43,44,46);/p-1. The Morgan fingerprint density at radius 3 is 2.08 bits per heavy atom. The average molecular weight is 843 g/mol. The van der Waals surface area contributed by atoms with Gasteiger partial charge in [0, 0.05) is 46.7 Å². The zero-order valence-corrected chi connectivity index (χ0v) is 35.8. The van der Waals surface area contributed by atoms with Crippen LogP contribution in [0.25, 0.3) is 5.32 Å². The van der Waals surface area contributed by atoms with Crippen molar-refractivity contribution in [1.29, 1.82) is 0 Å². The van der Waals surface area contributed by atoms with Gasteiger partial charge in [-0.1, -0.05) is 86.7 Å². The summed E-state index contributed by atoms with van der Waals surface area (Å²) in [6, 6.07) is 2.02. The summed E-state index contributed by atoms with van der Waals surface area (Å²) in [5, 5.41) is 6.70. The number of nitrogens with zero attached hydrogens (tertiary/aromatic N) is 3. The van der Waals surface area contributed by atoms with E-state index in [9.17, 15) is 28.8 Å². The number of ether oxygens (including phenoxy) is 3. The van der Waals surface area contributed by atoms with E-state index < -0.39 is 58.9 Å². The number of carbonyl (C=O) groups is 6. The van der Waals surface area contributed by atoms with E-state index in [1.165, 1.54) is 62.6 Å². The van der Waals surface area contributed by atoms with Crippen LogP contribution in [0.5, 0.6) is 5.75 Å². The van der Waals surface area contributed by atoms with Crippen molar-refractivity contribution >= 4 is 41.4 Å². The first-order valence-corrected chi connectivity index (χ1v) is 17.6. The van der Waals surface area contributed by atoms with Crippen LogP contribution in [0.4, 0.5) is 15.3 Å². The van der Waals surface area contributed by atoms with E-state index >= 15 is 0 Å². The quantitative estimate of drug-likeness (QED) is 0.0858. The van der Waals surface area contributed by atoms with E-state index in [0.29, 0.717) is 11.3 Å². The predicted octanol–water partition coefficient (Wildman–Crippen LogP) is 7.27. The number of hydrogen-bond donors (Lipinski definition) is 1. The van der Waals surface area contributed by atoms with Crippen LogP contribution in [0.15, 0.2) is 18.2 Å². The summed E-state index contributed by atoms with van der Waals surface area (Å²) in [5.41, 5.74) is -2.43. The van der Waals surface area contributed by atoms with Crippen LogP contribution in [0, 0.1) is 46.7 Å². The fraction of sp³-hybridized carbons (Fsp3) is 0.676. The first-order chi connectivity index (χ1) is 23.3. The van der Waals surface area contributed by atoms with Gasteiger partial charge in [-0.25, -0.2) is 14.5 Å². The Labute approximate surface area is 336 Å². The number of unbranched alkanes of at least 4 members (excludes halogenated alkanes) is 7. The number of anilines is 1. The minimum absolute atomic E-state index is 0. The second-order valence-electron chi connectivity index (χ2n) is 14.7. The number of urea groups is 1. The van der Waals surface area contributed by atoms with Gasteiger partial charge in [0.15, 0.2) is 23.5 Å². The maximum absolute atomic E-state index is 13.8. The maximum atomic E-state index is 13.8. The van der Waals surface area contributed by atoms with Crippen molar-refractivity contribution in [3.63, 3.8) is 0 Å². The van der Waals surface area contributed by atoms with E-state index in [1.807, 2.05) is 0 Å². The van der Waals surface area contributed by atoms with Crippen molar-refractivity contribution in [2.75, 3.05) is 26.0 Å². The van der Waals surface area contributed by atoms with Crippen molar-refractivity contribution in [1.82, 2.24) is 9.80 Å². The van der Waals surface area contributed by atoms with Crippen LogP contribution in [0.2, 0.25) is 0 Å². The molecule has 2 rings (SSSR count). The third-order valence-electron chi connectivity index (χ3n) is 8.07. The number of hydrogen-bond acceptors (Lipinski definition) is 9. The number of ketones is 1. The maximum Gasteiger partial charge on any atom is 0.418 e. The summed E-state index contributed by atoms with van der Waals surface area (Å²) in [4.78, 5) is 80.6. The molecule has 0 aromatic heterocycles. The number of imide groups is 1. The van der Waals surface area contributed by atoms with Crippen LogP contribution in [-0.2, 0) is 23.9 Å². The molecule has 283 valence electrons. The molecule has 2 unspecified atom stereocenters. The van der Waals surface area contributed by atoms with Gasteiger partial charge >= 0.3 is 12.1 Å². The number of rotatable bonds is 19. The van der Waals surface area contributed by atoms with Crippen LogP contribution >= 0.6 is 0 Å². The molecule has 0 saturated carbocycles. The molecule has 1 aromatic rings. The summed E-state index contributed by atoms with van der Waals surface area (Å²) in [5.74, 6) is -3.01. The molecule has 1 aliphatic rings. The van der Waals surface area contributed by atoms with Gasteiger partial charge in [0.25, 0.3) is 11.8 Å². The molecule has 1 saturated heterocycles. The molecule has 14 heteroatoms. The summed E-state index contributed by atoms with van der Waals surface area (Å²) in [6.07, 6.45) is 7.29. The van der Waals surface area contributed by atoms with Gasteiger partial charge in [-0.3, -0.25) is 19.2 Å². The summed E-state index contributed by atoms with van der Waals surface area (Å²) in [7, 11) is 3.19. The number of carbonyl (C=O) groups excluding carboxylic acids is 6. The summed E-state index contributed by atoms with van der Waals surface area (Å²) in [6.45, 7) is 13.2. The Kier molecular flexibility index (Phi) is 19.1. The first kappa shape index (κ1) is 46.2. The Balaban J connectivity index is 0.0000130. The fourth-order valence-electron chi connectivity index (χ4n) is 5.21. The van der Waals surface area contributed by atoms with Gasteiger partial charge in [-0.05, 0) is 65.3 Å².